The van der Waals surface area contributed by atoms with E-state index in [4.69, 9.17) is 10.5 Å². The first-order valence-corrected chi connectivity index (χ1v) is 7.70. The molecule has 1 fully saturated rings. The fourth-order valence-corrected chi connectivity index (χ4v) is 2.37. The summed E-state index contributed by atoms with van der Waals surface area (Å²) in [6.45, 7) is 5.45. The predicted octanol–water partition coefficient (Wildman–Crippen LogP) is 1.98. The number of nitrogens with one attached hydrogen (secondary N) is 1. The average Bonchev–Trinajstić information content (AvgIpc) is 2.54. The number of carbonyl (C=O) groups is 1. The van der Waals surface area contributed by atoms with Gasteiger partial charge in [-0.25, -0.2) is 0 Å². The lowest BCUT2D eigenvalue weighted by atomic mass is 10.1. The van der Waals surface area contributed by atoms with Crippen molar-refractivity contribution in [3.63, 3.8) is 0 Å². The number of carbonyl (C=O) groups excluding carboxylic acids is 1. The number of hydrogen-bond acceptors (Lipinski definition) is 4. The summed E-state index contributed by atoms with van der Waals surface area (Å²) in [5, 5.41) is 2.87. The zero-order valence-corrected chi connectivity index (χ0v) is 12.7. The third-order valence-electron chi connectivity index (χ3n) is 3.72. The van der Waals surface area contributed by atoms with E-state index in [2.05, 4.69) is 17.1 Å². The van der Waals surface area contributed by atoms with E-state index < -0.39 is 6.04 Å². The van der Waals surface area contributed by atoms with E-state index in [0.717, 1.165) is 56.9 Å². The van der Waals surface area contributed by atoms with Crippen LogP contribution in [0.15, 0.2) is 24.3 Å². The Labute approximate surface area is 126 Å². The molecule has 1 aliphatic rings. The lowest BCUT2D eigenvalue weighted by molar-refractivity contribution is -0.117. The second kappa shape index (κ2) is 8.00. The summed E-state index contributed by atoms with van der Waals surface area (Å²) < 4.78 is 5.34. The first-order valence-electron chi connectivity index (χ1n) is 7.70. The number of anilines is 2. The molecular weight excluding hydrogens is 266 g/mol. The smallest absolute Gasteiger partial charge is 0.241 e. The molecule has 1 aliphatic heterocycles. The summed E-state index contributed by atoms with van der Waals surface area (Å²) in [5.74, 6) is -0.109. The van der Waals surface area contributed by atoms with Gasteiger partial charge in [-0.15, -0.1) is 0 Å². The van der Waals surface area contributed by atoms with Gasteiger partial charge in [0.15, 0.2) is 0 Å². The van der Waals surface area contributed by atoms with Crippen molar-refractivity contribution in [3.05, 3.63) is 24.3 Å². The summed E-state index contributed by atoms with van der Waals surface area (Å²) in [4.78, 5) is 14.2. The molecule has 0 bridgehead atoms. The van der Waals surface area contributed by atoms with Crippen molar-refractivity contribution < 1.29 is 9.53 Å². The average molecular weight is 291 g/mol. The molecule has 2 rings (SSSR count). The SMILES string of the molecule is CCCC[C@H](N)C(=O)Nc1ccc(N2CCOCC2)cc1. The number of ether oxygens (including phenoxy) is 1. The molecule has 1 atom stereocenters. The summed E-state index contributed by atoms with van der Waals surface area (Å²) >= 11 is 0. The van der Waals surface area contributed by atoms with Crippen LogP contribution in [0.5, 0.6) is 0 Å². The van der Waals surface area contributed by atoms with Crippen LogP contribution in [-0.4, -0.2) is 38.3 Å². The van der Waals surface area contributed by atoms with E-state index in [1.54, 1.807) is 0 Å². The summed E-state index contributed by atoms with van der Waals surface area (Å²) in [6, 6.07) is 7.48. The molecule has 116 valence electrons. The Morgan fingerprint density at radius 2 is 2.00 bits per heavy atom. The summed E-state index contributed by atoms with van der Waals surface area (Å²) in [5.41, 5.74) is 7.82. The molecule has 5 nitrogen and oxygen atoms in total. The van der Waals surface area contributed by atoms with Crippen LogP contribution in [0.25, 0.3) is 0 Å². The Morgan fingerprint density at radius 1 is 1.33 bits per heavy atom. The van der Waals surface area contributed by atoms with Crippen LogP contribution in [0, 0.1) is 0 Å². The molecule has 1 heterocycles. The molecule has 1 amide bonds. The molecule has 0 saturated carbocycles. The quantitative estimate of drug-likeness (QED) is 0.841. The van der Waals surface area contributed by atoms with E-state index >= 15 is 0 Å². The molecular formula is C16H25N3O2. The summed E-state index contributed by atoms with van der Waals surface area (Å²) in [7, 11) is 0. The van der Waals surface area contributed by atoms with E-state index in [1.807, 2.05) is 24.3 Å². The fraction of sp³-hybridized carbons (Fsp3) is 0.562. The number of morpholine rings is 1. The minimum absolute atomic E-state index is 0.109. The van der Waals surface area contributed by atoms with E-state index in [0.29, 0.717) is 0 Å². The Hall–Kier alpha value is -1.59. The van der Waals surface area contributed by atoms with Gasteiger partial charge in [-0.05, 0) is 30.7 Å². The minimum Gasteiger partial charge on any atom is -0.378 e. The highest BCUT2D eigenvalue weighted by molar-refractivity contribution is 5.94. The Bertz CT molecular complexity index is 441. The molecule has 21 heavy (non-hydrogen) atoms. The Balaban J connectivity index is 1.88. The van der Waals surface area contributed by atoms with Gasteiger partial charge in [-0.3, -0.25) is 4.79 Å². The van der Waals surface area contributed by atoms with Crippen LogP contribution in [0.3, 0.4) is 0 Å². The van der Waals surface area contributed by atoms with Gasteiger partial charge in [0.25, 0.3) is 0 Å². The Morgan fingerprint density at radius 3 is 2.62 bits per heavy atom. The molecule has 1 saturated heterocycles. The largest absolute Gasteiger partial charge is 0.378 e. The molecule has 0 aliphatic carbocycles. The van der Waals surface area contributed by atoms with Crippen LogP contribution < -0.4 is 16.0 Å². The molecule has 5 heteroatoms. The number of unbranched alkanes of at least 4 members (excludes halogenated alkanes) is 1. The molecule has 1 aromatic carbocycles. The lowest BCUT2D eigenvalue weighted by Gasteiger charge is -2.28. The second-order valence-electron chi connectivity index (χ2n) is 5.38. The standard InChI is InChI=1S/C16H25N3O2/c1-2-3-4-15(17)16(20)18-13-5-7-14(8-6-13)19-9-11-21-12-10-19/h5-8,15H,2-4,9-12,17H2,1H3,(H,18,20)/t15-/m0/s1. The van der Waals surface area contributed by atoms with Crippen molar-refractivity contribution in [2.75, 3.05) is 36.5 Å². The highest BCUT2D eigenvalue weighted by atomic mass is 16.5. The van der Waals surface area contributed by atoms with Gasteiger partial charge in [-0.1, -0.05) is 19.8 Å². The lowest BCUT2D eigenvalue weighted by Crippen LogP contribution is -2.36. The molecule has 0 radical (unpaired) electrons. The highest BCUT2D eigenvalue weighted by Gasteiger charge is 2.14. The third-order valence-corrected chi connectivity index (χ3v) is 3.72. The highest BCUT2D eigenvalue weighted by Crippen LogP contribution is 2.19. The second-order valence-corrected chi connectivity index (χ2v) is 5.38. The zero-order chi connectivity index (χ0) is 15.1. The number of hydrogen-bond donors (Lipinski definition) is 2. The minimum atomic E-state index is -0.427. The number of nitrogens with two attached hydrogens (primary N) is 1. The van der Waals surface area contributed by atoms with Gasteiger partial charge in [0.2, 0.25) is 5.91 Å². The van der Waals surface area contributed by atoms with E-state index in [1.165, 1.54) is 0 Å². The van der Waals surface area contributed by atoms with Crippen molar-refractivity contribution >= 4 is 17.3 Å². The molecule has 3 N–H and O–H groups in total. The van der Waals surface area contributed by atoms with Crippen molar-refractivity contribution in [3.8, 4) is 0 Å². The maximum absolute atomic E-state index is 11.9. The number of benzene rings is 1. The van der Waals surface area contributed by atoms with Crippen molar-refractivity contribution in [1.29, 1.82) is 0 Å². The molecule has 0 spiro atoms. The van der Waals surface area contributed by atoms with Gasteiger partial charge < -0.3 is 20.7 Å². The fourth-order valence-electron chi connectivity index (χ4n) is 2.37. The summed E-state index contributed by atoms with van der Waals surface area (Å²) in [6.07, 6.45) is 2.76. The van der Waals surface area contributed by atoms with Gasteiger partial charge in [0.05, 0.1) is 19.3 Å². The van der Waals surface area contributed by atoms with E-state index in [9.17, 15) is 4.79 Å². The maximum Gasteiger partial charge on any atom is 0.241 e. The molecule has 1 aromatic rings. The zero-order valence-electron chi connectivity index (χ0n) is 12.7. The number of rotatable bonds is 6. The normalized spacial score (nSPS) is 16.6. The van der Waals surface area contributed by atoms with Gasteiger partial charge >= 0.3 is 0 Å². The van der Waals surface area contributed by atoms with Crippen LogP contribution in [0.2, 0.25) is 0 Å². The predicted molar refractivity (Wildman–Crippen MR) is 85.6 cm³/mol. The van der Waals surface area contributed by atoms with Gasteiger partial charge in [-0.2, -0.15) is 0 Å². The van der Waals surface area contributed by atoms with Crippen molar-refractivity contribution in [2.24, 2.45) is 5.73 Å². The first kappa shape index (κ1) is 15.8. The first-order chi connectivity index (χ1) is 10.2. The number of amides is 1. The van der Waals surface area contributed by atoms with Crippen molar-refractivity contribution in [1.82, 2.24) is 0 Å². The monoisotopic (exact) mass is 291 g/mol. The van der Waals surface area contributed by atoms with Crippen LogP contribution in [-0.2, 0) is 9.53 Å². The molecule has 0 unspecified atom stereocenters. The third kappa shape index (κ3) is 4.72. The van der Waals surface area contributed by atoms with Crippen molar-refractivity contribution in [2.45, 2.75) is 32.2 Å². The maximum atomic E-state index is 11.9. The van der Waals surface area contributed by atoms with Crippen LogP contribution in [0.4, 0.5) is 11.4 Å². The number of nitrogens with zero attached hydrogens (tertiary/aromatic N) is 1. The van der Waals surface area contributed by atoms with Gasteiger partial charge in [0, 0.05) is 24.5 Å². The Kier molecular flexibility index (Phi) is 6.02. The molecule has 0 aromatic heterocycles. The topological polar surface area (TPSA) is 67.6 Å². The van der Waals surface area contributed by atoms with Gasteiger partial charge in [0.1, 0.15) is 0 Å². The van der Waals surface area contributed by atoms with Crippen LogP contribution in [0.1, 0.15) is 26.2 Å². The van der Waals surface area contributed by atoms with E-state index in [-0.39, 0.29) is 5.91 Å². The van der Waals surface area contributed by atoms with Crippen LogP contribution >= 0.6 is 0 Å².